The molecule has 0 saturated carbocycles. The van der Waals surface area contributed by atoms with Gasteiger partial charge in [-0.05, 0) is 61.9 Å². The first-order valence-electron chi connectivity index (χ1n) is 9.33. The van der Waals surface area contributed by atoms with E-state index in [-0.39, 0.29) is 5.91 Å². The smallest absolute Gasteiger partial charge is 0.349 e. The minimum atomic E-state index is -0.869. The molecule has 0 saturated heterocycles. The summed E-state index contributed by atoms with van der Waals surface area (Å²) in [6, 6.07) is 7.33. The van der Waals surface area contributed by atoms with Gasteiger partial charge in [0, 0.05) is 11.4 Å². The summed E-state index contributed by atoms with van der Waals surface area (Å²) in [4.78, 5) is 26.5. The van der Waals surface area contributed by atoms with Gasteiger partial charge in [0.2, 0.25) is 0 Å². The number of aryl methyl sites for hydroxylation is 2. The first-order chi connectivity index (χ1) is 13.5. The molecule has 1 amide bonds. The van der Waals surface area contributed by atoms with Crippen molar-refractivity contribution in [1.82, 2.24) is 5.32 Å². The quantitative estimate of drug-likeness (QED) is 0.716. The Morgan fingerprint density at radius 2 is 1.86 bits per heavy atom. The maximum atomic E-state index is 12.4. The number of nitrogens with one attached hydrogen (secondary N) is 1. The second kappa shape index (κ2) is 9.10. The number of carbonyl (C=O) groups is 2. The van der Waals surface area contributed by atoms with Crippen LogP contribution in [0.3, 0.4) is 0 Å². The van der Waals surface area contributed by atoms with Crippen LogP contribution in [0.4, 0.5) is 0 Å². The van der Waals surface area contributed by atoms with Crippen LogP contribution in [0.2, 0.25) is 0 Å². The molecule has 0 aliphatic heterocycles. The molecule has 28 heavy (non-hydrogen) atoms. The van der Waals surface area contributed by atoms with Crippen molar-refractivity contribution in [2.75, 3.05) is 14.2 Å². The van der Waals surface area contributed by atoms with Crippen LogP contribution < -0.4 is 14.8 Å². The number of esters is 1. The van der Waals surface area contributed by atoms with Crippen LogP contribution in [0.5, 0.6) is 11.5 Å². The summed E-state index contributed by atoms with van der Waals surface area (Å²) in [5.41, 5.74) is 2.10. The number of hydrogen-bond acceptors (Lipinski definition) is 6. The monoisotopic (exact) mass is 403 g/mol. The number of hydrogen-bond donors (Lipinski definition) is 1. The Labute approximate surface area is 168 Å². The first-order valence-corrected chi connectivity index (χ1v) is 10.1. The third-order valence-corrected chi connectivity index (χ3v) is 5.98. The molecule has 0 fully saturated rings. The molecule has 1 heterocycles. The fraction of sp³-hybridized carbons (Fsp3) is 0.429. The van der Waals surface area contributed by atoms with Crippen molar-refractivity contribution in [3.05, 3.63) is 45.1 Å². The Hall–Kier alpha value is -2.54. The van der Waals surface area contributed by atoms with Gasteiger partial charge in [-0.15, -0.1) is 11.3 Å². The highest BCUT2D eigenvalue weighted by atomic mass is 32.1. The molecule has 1 aliphatic carbocycles. The van der Waals surface area contributed by atoms with Gasteiger partial charge in [0.1, 0.15) is 4.88 Å². The van der Waals surface area contributed by atoms with Crippen molar-refractivity contribution < 1.29 is 23.8 Å². The lowest BCUT2D eigenvalue weighted by atomic mass is 9.99. The van der Waals surface area contributed by atoms with Gasteiger partial charge in [0.25, 0.3) is 5.91 Å². The maximum absolute atomic E-state index is 12.4. The minimum absolute atomic E-state index is 0.300. The molecular weight excluding hydrogens is 378 g/mol. The molecule has 0 radical (unpaired) electrons. The third kappa shape index (κ3) is 4.65. The highest BCUT2D eigenvalue weighted by Crippen LogP contribution is 2.30. The molecule has 1 aliphatic rings. The average Bonchev–Trinajstić information content (AvgIpc) is 3.16. The van der Waals surface area contributed by atoms with Gasteiger partial charge in [-0.2, -0.15) is 0 Å². The van der Waals surface area contributed by atoms with Crippen LogP contribution >= 0.6 is 11.3 Å². The van der Waals surface area contributed by atoms with Gasteiger partial charge in [0.15, 0.2) is 17.6 Å². The zero-order chi connectivity index (χ0) is 20.1. The largest absolute Gasteiger partial charge is 0.493 e. The summed E-state index contributed by atoms with van der Waals surface area (Å²) in [5.74, 6) is 0.437. The summed E-state index contributed by atoms with van der Waals surface area (Å²) in [7, 11) is 3.13. The predicted octanol–water partition coefficient (Wildman–Crippen LogP) is 3.51. The van der Waals surface area contributed by atoms with E-state index >= 15 is 0 Å². The minimum Gasteiger partial charge on any atom is -0.493 e. The van der Waals surface area contributed by atoms with Crippen molar-refractivity contribution in [2.45, 2.75) is 45.3 Å². The van der Waals surface area contributed by atoms with Gasteiger partial charge in [0.05, 0.1) is 14.2 Å². The molecular formula is C21H25NO5S. The molecule has 1 aromatic heterocycles. The zero-order valence-corrected chi connectivity index (χ0v) is 17.2. The molecule has 150 valence electrons. The molecule has 0 bridgehead atoms. The number of rotatable bonds is 7. The molecule has 1 aromatic carbocycles. The standard InChI is InChI=1S/C21H25NO5S/c1-13(27-21(24)19-11-15-6-4-5-7-18(15)28-19)20(23)22-12-14-8-9-16(25-2)17(10-14)26-3/h8-11,13H,4-7,12H2,1-3H3,(H,22,23)/t13-/m0/s1. The third-order valence-electron chi connectivity index (χ3n) is 4.77. The van der Waals surface area contributed by atoms with E-state index in [1.165, 1.54) is 21.8 Å². The van der Waals surface area contributed by atoms with Gasteiger partial charge in [-0.3, -0.25) is 4.79 Å². The van der Waals surface area contributed by atoms with Gasteiger partial charge < -0.3 is 19.5 Å². The van der Waals surface area contributed by atoms with Crippen molar-refractivity contribution in [3.63, 3.8) is 0 Å². The summed E-state index contributed by atoms with van der Waals surface area (Å²) in [6.45, 7) is 1.88. The maximum Gasteiger partial charge on any atom is 0.349 e. The highest BCUT2D eigenvalue weighted by molar-refractivity contribution is 7.14. The SMILES string of the molecule is COc1ccc(CNC(=O)[C@H](C)OC(=O)c2cc3c(s2)CCCC3)cc1OC. The van der Waals surface area contributed by atoms with Crippen LogP contribution in [0.1, 0.15) is 45.4 Å². The zero-order valence-electron chi connectivity index (χ0n) is 16.4. The van der Waals surface area contributed by atoms with Crippen LogP contribution in [-0.2, 0) is 28.9 Å². The number of benzene rings is 1. The normalized spacial score (nSPS) is 14.0. The predicted molar refractivity (Wildman–Crippen MR) is 107 cm³/mol. The summed E-state index contributed by atoms with van der Waals surface area (Å²) in [5, 5.41) is 2.78. The Morgan fingerprint density at radius 1 is 1.11 bits per heavy atom. The molecule has 0 spiro atoms. The number of thiophene rings is 1. The van der Waals surface area contributed by atoms with E-state index in [2.05, 4.69) is 5.32 Å². The first kappa shape index (κ1) is 20.2. The van der Waals surface area contributed by atoms with Crippen LogP contribution in [0.15, 0.2) is 24.3 Å². The van der Waals surface area contributed by atoms with E-state index in [1.807, 2.05) is 12.1 Å². The van der Waals surface area contributed by atoms with Crippen LogP contribution in [0, 0.1) is 0 Å². The van der Waals surface area contributed by atoms with E-state index in [4.69, 9.17) is 14.2 Å². The molecule has 2 aromatic rings. The molecule has 6 nitrogen and oxygen atoms in total. The number of methoxy groups -OCH3 is 2. The summed E-state index contributed by atoms with van der Waals surface area (Å²) < 4.78 is 15.8. The molecule has 1 N–H and O–H groups in total. The van der Waals surface area contributed by atoms with E-state index < -0.39 is 12.1 Å². The van der Waals surface area contributed by atoms with Gasteiger partial charge in [-0.1, -0.05) is 6.07 Å². The van der Waals surface area contributed by atoms with Crippen molar-refractivity contribution >= 4 is 23.2 Å². The topological polar surface area (TPSA) is 73.9 Å². The van der Waals surface area contributed by atoms with Crippen LogP contribution in [-0.4, -0.2) is 32.2 Å². The number of ether oxygens (including phenoxy) is 3. The molecule has 3 rings (SSSR count). The Morgan fingerprint density at radius 3 is 2.57 bits per heavy atom. The second-order valence-corrected chi connectivity index (χ2v) is 7.86. The van der Waals surface area contributed by atoms with E-state index in [0.717, 1.165) is 31.2 Å². The molecule has 0 unspecified atom stereocenters. The fourth-order valence-electron chi connectivity index (χ4n) is 3.19. The Bertz CT molecular complexity index is 837. The number of fused-ring (bicyclic) bond motifs is 1. The fourth-order valence-corrected chi connectivity index (χ4v) is 4.32. The Kier molecular flexibility index (Phi) is 6.57. The van der Waals surface area contributed by atoms with Crippen molar-refractivity contribution in [1.29, 1.82) is 0 Å². The summed E-state index contributed by atoms with van der Waals surface area (Å²) >= 11 is 1.48. The van der Waals surface area contributed by atoms with Gasteiger partial charge in [-0.25, -0.2) is 4.79 Å². The van der Waals surface area contributed by atoms with E-state index in [1.54, 1.807) is 33.3 Å². The second-order valence-electron chi connectivity index (χ2n) is 6.72. The lowest BCUT2D eigenvalue weighted by Gasteiger charge is -2.14. The lowest BCUT2D eigenvalue weighted by molar-refractivity contribution is -0.129. The lowest BCUT2D eigenvalue weighted by Crippen LogP contribution is -2.35. The number of carbonyl (C=O) groups excluding carboxylic acids is 2. The molecule has 7 heteroatoms. The van der Waals surface area contributed by atoms with Crippen molar-refractivity contribution in [3.8, 4) is 11.5 Å². The van der Waals surface area contributed by atoms with Crippen molar-refractivity contribution in [2.24, 2.45) is 0 Å². The van der Waals surface area contributed by atoms with E-state index in [9.17, 15) is 9.59 Å². The highest BCUT2D eigenvalue weighted by Gasteiger charge is 2.22. The van der Waals surface area contributed by atoms with Crippen LogP contribution in [0.25, 0.3) is 0 Å². The summed E-state index contributed by atoms with van der Waals surface area (Å²) in [6.07, 6.45) is 3.49. The number of amides is 1. The molecule has 1 atom stereocenters. The Balaban J connectivity index is 1.54. The van der Waals surface area contributed by atoms with Gasteiger partial charge >= 0.3 is 5.97 Å². The average molecular weight is 404 g/mol. The van der Waals surface area contributed by atoms with E-state index in [0.29, 0.717) is 22.9 Å².